The van der Waals surface area contributed by atoms with Crippen LogP contribution < -0.4 is 4.74 Å². The van der Waals surface area contributed by atoms with Gasteiger partial charge in [0.2, 0.25) is 5.89 Å². The van der Waals surface area contributed by atoms with E-state index in [4.69, 9.17) is 9.15 Å². The molecule has 2 aromatic rings. The second-order valence-electron chi connectivity index (χ2n) is 5.79. The highest BCUT2D eigenvalue weighted by atomic mass is 32.2. The molecule has 1 aromatic carbocycles. The fourth-order valence-electron chi connectivity index (χ4n) is 1.59. The molecule has 0 aliphatic carbocycles. The first-order valence-corrected chi connectivity index (χ1v) is 8.11. The molecule has 0 spiro atoms. The molecule has 1 heterocycles. The largest absolute Gasteiger partial charge is 0.494 e. The molecular weight excluding hydrogens is 300 g/mol. The predicted molar refractivity (Wildman–Crippen MR) is 86.1 cm³/mol. The van der Waals surface area contributed by atoms with Gasteiger partial charge in [0.1, 0.15) is 11.5 Å². The number of nitrogens with zero attached hydrogens (tertiary/aromatic N) is 2. The number of aromatic nitrogens is 2. The fraction of sp³-hybridized carbons (Fsp3) is 0.438. The number of rotatable bonds is 6. The molecule has 0 saturated heterocycles. The molecule has 0 saturated carbocycles. The smallest absolute Gasteiger partial charge is 0.277 e. The van der Waals surface area contributed by atoms with Crippen LogP contribution in [0.25, 0.3) is 11.5 Å². The molecule has 1 aromatic heterocycles. The molecule has 0 amide bonds. The third kappa shape index (κ3) is 4.34. The maximum absolute atomic E-state index is 11.9. The van der Waals surface area contributed by atoms with Gasteiger partial charge in [0.15, 0.2) is 0 Å². The Hall–Kier alpha value is -1.82. The van der Waals surface area contributed by atoms with Gasteiger partial charge in [0.05, 0.1) is 12.4 Å². The zero-order valence-electron chi connectivity index (χ0n) is 13.3. The van der Waals surface area contributed by atoms with Gasteiger partial charge < -0.3 is 9.15 Å². The van der Waals surface area contributed by atoms with Gasteiger partial charge in [-0.15, -0.1) is 10.2 Å². The first kappa shape index (κ1) is 16.5. The van der Waals surface area contributed by atoms with E-state index in [1.807, 2.05) is 52.0 Å². The van der Waals surface area contributed by atoms with Crippen molar-refractivity contribution in [3.8, 4) is 17.2 Å². The van der Waals surface area contributed by atoms with Crippen molar-refractivity contribution in [3.63, 3.8) is 0 Å². The van der Waals surface area contributed by atoms with Crippen molar-refractivity contribution < 1.29 is 13.9 Å². The Morgan fingerprint density at radius 1 is 1.23 bits per heavy atom. The summed E-state index contributed by atoms with van der Waals surface area (Å²) in [6, 6.07) is 7.46. The Kier molecular flexibility index (Phi) is 5.24. The minimum Gasteiger partial charge on any atom is -0.494 e. The van der Waals surface area contributed by atoms with E-state index in [9.17, 15) is 4.79 Å². The summed E-state index contributed by atoms with van der Waals surface area (Å²) in [4.78, 5) is 11.9. The van der Waals surface area contributed by atoms with Gasteiger partial charge in [-0.05, 0) is 31.2 Å². The zero-order valence-corrected chi connectivity index (χ0v) is 14.1. The van der Waals surface area contributed by atoms with Crippen LogP contribution in [0, 0.1) is 5.41 Å². The normalized spacial score (nSPS) is 11.5. The lowest BCUT2D eigenvalue weighted by Gasteiger charge is -2.14. The molecule has 0 bridgehead atoms. The van der Waals surface area contributed by atoms with Crippen molar-refractivity contribution in [2.45, 2.75) is 32.9 Å². The number of hydrogen-bond donors (Lipinski definition) is 0. The summed E-state index contributed by atoms with van der Waals surface area (Å²) in [5, 5.41) is 8.38. The molecule has 0 radical (unpaired) electrons. The van der Waals surface area contributed by atoms with Crippen LogP contribution in [-0.4, -0.2) is 28.3 Å². The Bertz CT molecular complexity index is 630. The van der Waals surface area contributed by atoms with Gasteiger partial charge in [-0.1, -0.05) is 32.5 Å². The summed E-state index contributed by atoms with van der Waals surface area (Å²) in [5.74, 6) is 1.72. The van der Waals surface area contributed by atoms with Gasteiger partial charge in [-0.25, -0.2) is 0 Å². The van der Waals surface area contributed by atoms with Gasteiger partial charge in [0.25, 0.3) is 5.22 Å². The first-order valence-electron chi connectivity index (χ1n) is 7.13. The molecule has 0 atom stereocenters. The molecule has 0 aliphatic rings. The van der Waals surface area contributed by atoms with Gasteiger partial charge in [0, 0.05) is 11.0 Å². The number of thioether (sulfide) groups is 1. The van der Waals surface area contributed by atoms with Gasteiger partial charge in [-0.2, -0.15) is 0 Å². The second kappa shape index (κ2) is 6.96. The molecular formula is C16H20N2O3S. The number of carbonyl (C=O) groups excluding carboxylic acids is 1. The quantitative estimate of drug-likeness (QED) is 0.753. The minimum atomic E-state index is -0.356. The van der Waals surface area contributed by atoms with Gasteiger partial charge in [-0.3, -0.25) is 4.79 Å². The number of carbonyl (C=O) groups is 1. The van der Waals surface area contributed by atoms with E-state index in [-0.39, 0.29) is 11.2 Å². The minimum absolute atomic E-state index is 0.151. The standard InChI is InChI=1S/C16H20N2O3S/c1-5-20-12-8-6-11(7-9-12)14-17-18-15(21-14)22-10-13(19)16(2,3)4/h6-9H,5,10H2,1-4H3. The Labute approximate surface area is 134 Å². The summed E-state index contributed by atoms with van der Waals surface area (Å²) < 4.78 is 11.0. The van der Waals surface area contributed by atoms with Crippen molar-refractivity contribution in [3.05, 3.63) is 24.3 Å². The van der Waals surface area contributed by atoms with E-state index in [0.29, 0.717) is 23.5 Å². The van der Waals surface area contributed by atoms with E-state index in [2.05, 4.69) is 10.2 Å². The average Bonchev–Trinajstić information content (AvgIpc) is 2.94. The Morgan fingerprint density at radius 2 is 1.91 bits per heavy atom. The Morgan fingerprint density at radius 3 is 2.50 bits per heavy atom. The summed E-state index contributed by atoms with van der Waals surface area (Å²) >= 11 is 1.27. The molecule has 6 heteroatoms. The topological polar surface area (TPSA) is 65.2 Å². The monoisotopic (exact) mass is 320 g/mol. The molecule has 2 rings (SSSR count). The van der Waals surface area contributed by atoms with Crippen LogP contribution in [-0.2, 0) is 4.79 Å². The number of hydrogen-bond acceptors (Lipinski definition) is 6. The van der Waals surface area contributed by atoms with Crippen LogP contribution in [0.1, 0.15) is 27.7 Å². The molecule has 118 valence electrons. The van der Waals surface area contributed by atoms with E-state index in [0.717, 1.165) is 11.3 Å². The lowest BCUT2D eigenvalue weighted by molar-refractivity contribution is -0.123. The lowest BCUT2D eigenvalue weighted by Crippen LogP contribution is -2.21. The average molecular weight is 320 g/mol. The van der Waals surface area contributed by atoms with Crippen LogP contribution in [0.2, 0.25) is 0 Å². The lowest BCUT2D eigenvalue weighted by atomic mass is 9.92. The number of ether oxygens (including phenoxy) is 1. The predicted octanol–water partition coefficient (Wildman–Crippen LogP) is 3.84. The van der Waals surface area contributed by atoms with E-state index < -0.39 is 0 Å². The van der Waals surface area contributed by atoms with Crippen LogP contribution >= 0.6 is 11.8 Å². The van der Waals surface area contributed by atoms with Crippen molar-refractivity contribution in [2.24, 2.45) is 5.41 Å². The maximum Gasteiger partial charge on any atom is 0.277 e. The molecule has 0 unspecified atom stereocenters. The molecule has 22 heavy (non-hydrogen) atoms. The van der Waals surface area contributed by atoms with E-state index in [1.165, 1.54) is 11.8 Å². The Balaban J connectivity index is 2.00. The van der Waals surface area contributed by atoms with Gasteiger partial charge >= 0.3 is 0 Å². The van der Waals surface area contributed by atoms with E-state index in [1.54, 1.807) is 0 Å². The highest BCUT2D eigenvalue weighted by Gasteiger charge is 2.22. The third-order valence-electron chi connectivity index (χ3n) is 2.98. The van der Waals surface area contributed by atoms with Crippen molar-refractivity contribution in [2.75, 3.05) is 12.4 Å². The van der Waals surface area contributed by atoms with Crippen molar-refractivity contribution >= 4 is 17.5 Å². The SMILES string of the molecule is CCOc1ccc(-c2nnc(SCC(=O)C(C)(C)C)o2)cc1. The fourth-order valence-corrected chi connectivity index (χ4v) is 2.51. The van der Waals surface area contributed by atoms with Crippen molar-refractivity contribution in [1.82, 2.24) is 10.2 Å². The molecule has 0 fully saturated rings. The number of Topliss-reactive ketones (excluding diaryl/α,β-unsaturated/α-hetero) is 1. The number of ketones is 1. The maximum atomic E-state index is 11.9. The highest BCUT2D eigenvalue weighted by molar-refractivity contribution is 7.99. The summed E-state index contributed by atoms with van der Waals surface area (Å²) in [6.45, 7) is 8.26. The molecule has 0 N–H and O–H groups in total. The van der Waals surface area contributed by atoms with Crippen LogP contribution in [0.4, 0.5) is 0 Å². The van der Waals surface area contributed by atoms with Crippen molar-refractivity contribution in [1.29, 1.82) is 0 Å². The second-order valence-corrected chi connectivity index (χ2v) is 6.72. The van der Waals surface area contributed by atoms with Crippen LogP contribution in [0.5, 0.6) is 5.75 Å². The highest BCUT2D eigenvalue weighted by Crippen LogP contribution is 2.26. The molecule has 5 nitrogen and oxygen atoms in total. The van der Waals surface area contributed by atoms with E-state index >= 15 is 0 Å². The number of benzene rings is 1. The summed E-state index contributed by atoms with van der Waals surface area (Å²) in [7, 11) is 0. The van der Waals surface area contributed by atoms with Crippen LogP contribution in [0.3, 0.4) is 0 Å². The molecule has 0 aliphatic heterocycles. The summed E-state index contributed by atoms with van der Waals surface area (Å²) in [6.07, 6.45) is 0. The first-order chi connectivity index (χ1) is 10.4. The van der Waals surface area contributed by atoms with Crippen LogP contribution in [0.15, 0.2) is 33.9 Å². The third-order valence-corrected chi connectivity index (χ3v) is 3.80. The summed E-state index contributed by atoms with van der Waals surface area (Å²) in [5.41, 5.74) is 0.468. The zero-order chi connectivity index (χ0) is 16.2.